The molecule has 9 heavy (non-hydrogen) atoms. The van der Waals surface area contributed by atoms with Gasteiger partial charge < -0.3 is 0 Å². The highest BCUT2D eigenvalue weighted by molar-refractivity contribution is 8.20. The zero-order valence-electron chi connectivity index (χ0n) is 6.44. The van der Waals surface area contributed by atoms with E-state index in [1.807, 2.05) is 23.5 Å². The fraction of sp³-hybridized carbons (Fsp3) is 0.857. The van der Waals surface area contributed by atoms with E-state index in [1.54, 1.807) is 4.58 Å². The molecule has 0 bridgehead atoms. The van der Waals surface area contributed by atoms with E-state index in [0.717, 1.165) is 0 Å². The maximum atomic E-state index is 2.22. The number of hydrogen-bond donors (Lipinski definition) is 0. The first-order valence-corrected chi connectivity index (χ1v) is 5.43. The van der Waals surface area contributed by atoms with Gasteiger partial charge in [0.2, 0.25) is 0 Å². The van der Waals surface area contributed by atoms with Crippen LogP contribution in [0.3, 0.4) is 0 Å². The van der Waals surface area contributed by atoms with Gasteiger partial charge in [0.1, 0.15) is 0 Å². The van der Waals surface area contributed by atoms with Crippen LogP contribution in [-0.4, -0.2) is 11.5 Å². The standard InChI is InChI=1S/C7H15S2/c1-4-7(8-5-2)9-6-3/h4-6H2,1-3H3. The monoisotopic (exact) mass is 163 g/mol. The van der Waals surface area contributed by atoms with Gasteiger partial charge in [-0.15, -0.1) is 23.5 Å². The molecule has 0 saturated carbocycles. The van der Waals surface area contributed by atoms with Gasteiger partial charge in [-0.05, 0) is 17.9 Å². The fourth-order valence-electron chi connectivity index (χ4n) is 0.568. The molecule has 2 heteroatoms. The first-order valence-electron chi connectivity index (χ1n) is 3.46. The molecule has 0 nitrogen and oxygen atoms in total. The third-order valence-electron chi connectivity index (χ3n) is 0.899. The Bertz CT molecular complexity index is 48.9. The maximum absolute atomic E-state index is 2.22. The van der Waals surface area contributed by atoms with Gasteiger partial charge in [-0.25, -0.2) is 0 Å². The Hall–Kier alpha value is 0.700. The van der Waals surface area contributed by atoms with Crippen LogP contribution in [0.15, 0.2) is 0 Å². The molecular formula is C7H15S2. The van der Waals surface area contributed by atoms with Crippen molar-refractivity contribution in [3.05, 3.63) is 4.58 Å². The minimum atomic E-state index is 1.22. The van der Waals surface area contributed by atoms with Gasteiger partial charge >= 0.3 is 0 Å². The number of thioether (sulfide) groups is 2. The second kappa shape index (κ2) is 6.81. The second-order valence-electron chi connectivity index (χ2n) is 1.59. The maximum Gasteiger partial charge on any atom is 0.0845 e. The summed E-state index contributed by atoms with van der Waals surface area (Å²) < 4.78 is 1.58. The van der Waals surface area contributed by atoms with E-state index in [0.29, 0.717) is 0 Å². The molecule has 0 aliphatic heterocycles. The van der Waals surface area contributed by atoms with Crippen molar-refractivity contribution in [2.24, 2.45) is 0 Å². The molecule has 0 rings (SSSR count). The molecule has 0 amide bonds. The summed E-state index contributed by atoms with van der Waals surface area (Å²) in [5, 5.41) is 0. The van der Waals surface area contributed by atoms with Crippen molar-refractivity contribution in [1.82, 2.24) is 0 Å². The summed E-state index contributed by atoms with van der Waals surface area (Å²) in [6.07, 6.45) is 1.22. The highest BCUT2D eigenvalue weighted by atomic mass is 32.2. The lowest BCUT2D eigenvalue weighted by Crippen LogP contribution is -1.84. The molecule has 0 aliphatic rings. The van der Waals surface area contributed by atoms with Gasteiger partial charge in [0.15, 0.2) is 0 Å². The van der Waals surface area contributed by atoms with Gasteiger partial charge in [0.25, 0.3) is 0 Å². The summed E-state index contributed by atoms with van der Waals surface area (Å²) in [4.78, 5) is 0. The van der Waals surface area contributed by atoms with Crippen LogP contribution in [0.1, 0.15) is 27.2 Å². The van der Waals surface area contributed by atoms with Gasteiger partial charge in [0, 0.05) is 0 Å². The van der Waals surface area contributed by atoms with Crippen LogP contribution in [0.2, 0.25) is 0 Å². The van der Waals surface area contributed by atoms with E-state index in [-0.39, 0.29) is 0 Å². The molecule has 55 valence electrons. The van der Waals surface area contributed by atoms with Crippen LogP contribution in [0.25, 0.3) is 0 Å². The summed E-state index contributed by atoms with van der Waals surface area (Å²) in [7, 11) is 0. The van der Waals surface area contributed by atoms with Crippen molar-refractivity contribution in [2.75, 3.05) is 11.5 Å². The Morgan fingerprint density at radius 2 is 1.44 bits per heavy atom. The van der Waals surface area contributed by atoms with E-state index in [9.17, 15) is 0 Å². The van der Waals surface area contributed by atoms with Crippen LogP contribution >= 0.6 is 23.5 Å². The van der Waals surface area contributed by atoms with Crippen molar-refractivity contribution in [3.63, 3.8) is 0 Å². The van der Waals surface area contributed by atoms with E-state index in [1.165, 1.54) is 17.9 Å². The number of hydrogen-bond acceptors (Lipinski definition) is 2. The van der Waals surface area contributed by atoms with Crippen molar-refractivity contribution in [3.8, 4) is 0 Å². The lowest BCUT2D eigenvalue weighted by molar-refractivity contribution is 1.17. The largest absolute Gasteiger partial charge is 0.142 e. The van der Waals surface area contributed by atoms with Gasteiger partial charge in [-0.3, -0.25) is 0 Å². The molecule has 1 radical (unpaired) electrons. The Kier molecular flexibility index (Phi) is 7.34. The lowest BCUT2D eigenvalue weighted by atomic mass is 10.6. The Morgan fingerprint density at radius 1 is 1.00 bits per heavy atom. The topological polar surface area (TPSA) is 0 Å². The second-order valence-corrected chi connectivity index (χ2v) is 4.57. The fourth-order valence-corrected chi connectivity index (χ4v) is 2.66. The molecule has 0 aromatic carbocycles. The van der Waals surface area contributed by atoms with Gasteiger partial charge in [0.05, 0.1) is 4.58 Å². The molecule has 0 N–H and O–H groups in total. The molecule has 0 heterocycles. The van der Waals surface area contributed by atoms with Crippen molar-refractivity contribution in [1.29, 1.82) is 0 Å². The molecule has 0 unspecified atom stereocenters. The van der Waals surface area contributed by atoms with Crippen molar-refractivity contribution in [2.45, 2.75) is 27.2 Å². The summed E-state index contributed by atoms with van der Waals surface area (Å²) >= 11 is 3.96. The minimum Gasteiger partial charge on any atom is -0.142 e. The third kappa shape index (κ3) is 5.16. The molecule has 0 atom stereocenters. The van der Waals surface area contributed by atoms with E-state index >= 15 is 0 Å². The Labute approximate surface area is 67.2 Å². The predicted octanol–water partition coefficient (Wildman–Crippen LogP) is 3.39. The summed E-state index contributed by atoms with van der Waals surface area (Å²) in [6.45, 7) is 6.63. The minimum absolute atomic E-state index is 1.22. The molecule has 0 fully saturated rings. The SMILES string of the molecule is CCS[C](CC)SCC. The van der Waals surface area contributed by atoms with Crippen molar-refractivity contribution < 1.29 is 0 Å². The molecule has 0 saturated heterocycles. The van der Waals surface area contributed by atoms with E-state index < -0.39 is 0 Å². The molecule has 0 spiro atoms. The summed E-state index contributed by atoms with van der Waals surface area (Å²) in [5.74, 6) is 2.44. The molecule has 0 aromatic heterocycles. The molecule has 0 aliphatic carbocycles. The van der Waals surface area contributed by atoms with Crippen molar-refractivity contribution >= 4 is 23.5 Å². The molecular weight excluding hydrogens is 148 g/mol. The van der Waals surface area contributed by atoms with Crippen LogP contribution in [0, 0.1) is 4.58 Å². The smallest absolute Gasteiger partial charge is 0.0845 e. The van der Waals surface area contributed by atoms with Crippen LogP contribution < -0.4 is 0 Å². The van der Waals surface area contributed by atoms with Crippen LogP contribution in [0.4, 0.5) is 0 Å². The normalized spacial score (nSPS) is 10.7. The Morgan fingerprint density at radius 3 is 1.67 bits per heavy atom. The van der Waals surface area contributed by atoms with E-state index in [4.69, 9.17) is 0 Å². The van der Waals surface area contributed by atoms with Gasteiger partial charge in [-0.1, -0.05) is 20.8 Å². The van der Waals surface area contributed by atoms with Gasteiger partial charge in [-0.2, -0.15) is 0 Å². The zero-order valence-corrected chi connectivity index (χ0v) is 8.07. The quantitative estimate of drug-likeness (QED) is 0.609. The molecule has 0 aromatic rings. The predicted molar refractivity (Wildman–Crippen MR) is 49.8 cm³/mol. The third-order valence-corrected chi connectivity index (χ3v) is 3.41. The first kappa shape index (κ1) is 9.70. The highest BCUT2D eigenvalue weighted by Crippen LogP contribution is 2.33. The lowest BCUT2D eigenvalue weighted by Gasteiger charge is -2.08. The zero-order chi connectivity index (χ0) is 7.11. The number of rotatable bonds is 5. The summed E-state index contributed by atoms with van der Waals surface area (Å²) in [6, 6.07) is 0. The van der Waals surface area contributed by atoms with Crippen LogP contribution in [-0.2, 0) is 0 Å². The first-order chi connectivity index (χ1) is 4.35. The summed E-state index contributed by atoms with van der Waals surface area (Å²) in [5.41, 5.74) is 0. The average molecular weight is 163 g/mol. The Balaban J connectivity index is 3.18. The van der Waals surface area contributed by atoms with Crippen LogP contribution in [0.5, 0.6) is 0 Å². The average Bonchev–Trinajstić information content (AvgIpc) is 1.88. The highest BCUT2D eigenvalue weighted by Gasteiger charge is 2.03. The van der Waals surface area contributed by atoms with E-state index in [2.05, 4.69) is 20.8 Å².